The number of carbonyl (C=O) groups excluding carboxylic acids is 1. The Hall–Kier alpha value is -3.88. The van der Waals surface area contributed by atoms with Crippen LogP contribution in [-0.4, -0.2) is 58.5 Å². The fourth-order valence-electron chi connectivity index (χ4n) is 4.68. The molecule has 0 atom stereocenters. The van der Waals surface area contributed by atoms with E-state index in [-0.39, 0.29) is 18.5 Å². The van der Waals surface area contributed by atoms with Crippen LogP contribution in [0.3, 0.4) is 0 Å². The Morgan fingerprint density at radius 3 is 2.46 bits per heavy atom. The van der Waals surface area contributed by atoms with E-state index in [1.165, 1.54) is 12.1 Å². The number of carbonyl (C=O) groups is 1. The van der Waals surface area contributed by atoms with Gasteiger partial charge in [0, 0.05) is 38.3 Å². The maximum Gasteiger partial charge on any atom is 0.272 e. The van der Waals surface area contributed by atoms with E-state index in [2.05, 4.69) is 10.00 Å². The number of benzene rings is 3. The zero-order valence-corrected chi connectivity index (χ0v) is 20.7. The summed E-state index contributed by atoms with van der Waals surface area (Å²) in [5.41, 5.74) is 3.46. The van der Waals surface area contributed by atoms with Gasteiger partial charge >= 0.3 is 0 Å². The van der Waals surface area contributed by atoms with Crippen LogP contribution in [0.1, 0.15) is 16.1 Å². The monoisotopic (exact) mass is 518 g/mol. The van der Waals surface area contributed by atoms with E-state index in [0.717, 1.165) is 42.3 Å². The third kappa shape index (κ3) is 4.77. The van der Waals surface area contributed by atoms with E-state index in [9.17, 15) is 9.18 Å². The highest BCUT2D eigenvalue weighted by atomic mass is 35.5. The summed E-state index contributed by atoms with van der Waals surface area (Å²) in [5, 5.41) is 5.23. The Balaban J connectivity index is 1.21. The molecule has 0 aliphatic carbocycles. The van der Waals surface area contributed by atoms with Gasteiger partial charge in [0.1, 0.15) is 11.5 Å². The number of fused-ring (bicyclic) bond motifs is 1. The zero-order valence-electron chi connectivity index (χ0n) is 19.9. The van der Waals surface area contributed by atoms with E-state index >= 15 is 0 Å². The Kier molecular flexibility index (Phi) is 6.28. The van der Waals surface area contributed by atoms with Crippen molar-refractivity contribution in [3.63, 3.8) is 0 Å². The van der Waals surface area contributed by atoms with Gasteiger partial charge < -0.3 is 14.4 Å². The molecule has 0 saturated carbocycles. The van der Waals surface area contributed by atoms with Crippen molar-refractivity contribution < 1.29 is 18.7 Å². The SMILES string of the molecule is O=C(c1cc(-c2ccccc2Cl)nn1-c1ccc(F)cc1)N1CCN(Cc2ccc3c(c2)OCO3)CC1. The highest BCUT2D eigenvalue weighted by molar-refractivity contribution is 6.33. The van der Waals surface area contributed by atoms with Crippen LogP contribution in [0.15, 0.2) is 72.8 Å². The molecule has 4 aromatic rings. The second kappa shape index (κ2) is 9.88. The molecule has 0 bridgehead atoms. The van der Waals surface area contributed by atoms with Gasteiger partial charge in [0.15, 0.2) is 11.5 Å². The molecular formula is C28H24ClFN4O3. The zero-order chi connectivity index (χ0) is 25.4. The Labute approximate surface area is 218 Å². The van der Waals surface area contributed by atoms with Crippen molar-refractivity contribution >= 4 is 17.5 Å². The lowest BCUT2D eigenvalue weighted by Gasteiger charge is -2.34. The van der Waals surface area contributed by atoms with Gasteiger partial charge in [-0.05, 0) is 54.1 Å². The molecule has 2 aliphatic heterocycles. The van der Waals surface area contributed by atoms with Gasteiger partial charge in [-0.15, -0.1) is 0 Å². The predicted octanol–water partition coefficient (Wildman–Crippen LogP) is 5.02. The second-order valence-corrected chi connectivity index (χ2v) is 9.45. The smallest absolute Gasteiger partial charge is 0.272 e. The van der Waals surface area contributed by atoms with E-state index in [1.54, 1.807) is 28.9 Å². The molecule has 0 radical (unpaired) electrons. The number of ether oxygens (including phenoxy) is 2. The molecule has 188 valence electrons. The average Bonchev–Trinajstić information content (AvgIpc) is 3.57. The highest BCUT2D eigenvalue weighted by Crippen LogP contribution is 2.33. The van der Waals surface area contributed by atoms with Gasteiger partial charge in [-0.25, -0.2) is 9.07 Å². The van der Waals surface area contributed by atoms with Crippen LogP contribution < -0.4 is 9.47 Å². The molecule has 0 unspecified atom stereocenters. The van der Waals surface area contributed by atoms with Gasteiger partial charge in [-0.1, -0.05) is 35.9 Å². The van der Waals surface area contributed by atoms with Crippen molar-refractivity contribution in [1.82, 2.24) is 19.6 Å². The van der Waals surface area contributed by atoms with Crippen LogP contribution >= 0.6 is 11.6 Å². The van der Waals surface area contributed by atoms with Crippen LogP contribution in [0.2, 0.25) is 5.02 Å². The molecule has 1 amide bonds. The van der Waals surface area contributed by atoms with Crippen molar-refractivity contribution in [3.8, 4) is 28.4 Å². The molecule has 1 fully saturated rings. The number of piperazine rings is 1. The lowest BCUT2D eigenvalue weighted by atomic mass is 10.1. The van der Waals surface area contributed by atoms with E-state index in [4.69, 9.17) is 21.1 Å². The maximum atomic E-state index is 13.7. The van der Waals surface area contributed by atoms with Gasteiger partial charge in [0.25, 0.3) is 5.91 Å². The number of rotatable bonds is 5. The Morgan fingerprint density at radius 1 is 0.919 bits per heavy atom. The van der Waals surface area contributed by atoms with Gasteiger partial charge in [0.05, 0.1) is 16.4 Å². The summed E-state index contributed by atoms with van der Waals surface area (Å²) in [5.74, 6) is 1.06. The van der Waals surface area contributed by atoms with Crippen molar-refractivity contribution in [2.75, 3.05) is 33.0 Å². The molecule has 0 N–H and O–H groups in total. The first-order valence-electron chi connectivity index (χ1n) is 12.1. The topological polar surface area (TPSA) is 59.8 Å². The summed E-state index contributed by atoms with van der Waals surface area (Å²) >= 11 is 6.41. The maximum absolute atomic E-state index is 13.7. The minimum Gasteiger partial charge on any atom is -0.454 e. The summed E-state index contributed by atoms with van der Waals surface area (Å²) in [6.07, 6.45) is 0. The van der Waals surface area contributed by atoms with Crippen LogP contribution in [0.25, 0.3) is 16.9 Å². The van der Waals surface area contributed by atoms with Crippen molar-refractivity contribution in [2.45, 2.75) is 6.54 Å². The first-order valence-corrected chi connectivity index (χ1v) is 12.4. The van der Waals surface area contributed by atoms with E-state index < -0.39 is 0 Å². The van der Waals surface area contributed by atoms with Crippen molar-refractivity contribution in [3.05, 3.63) is 94.9 Å². The minimum absolute atomic E-state index is 0.127. The van der Waals surface area contributed by atoms with Crippen LogP contribution in [0.4, 0.5) is 4.39 Å². The van der Waals surface area contributed by atoms with Gasteiger partial charge in [-0.3, -0.25) is 9.69 Å². The quantitative estimate of drug-likeness (QED) is 0.371. The molecule has 1 saturated heterocycles. The van der Waals surface area contributed by atoms with Gasteiger partial charge in [0.2, 0.25) is 6.79 Å². The number of nitrogens with zero attached hydrogens (tertiary/aromatic N) is 4. The molecule has 7 nitrogen and oxygen atoms in total. The molecule has 2 aliphatic rings. The first kappa shape index (κ1) is 23.5. The van der Waals surface area contributed by atoms with Crippen molar-refractivity contribution in [2.24, 2.45) is 0 Å². The molecule has 37 heavy (non-hydrogen) atoms. The third-order valence-electron chi connectivity index (χ3n) is 6.65. The first-order chi connectivity index (χ1) is 18.0. The minimum atomic E-state index is -0.353. The second-order valence-electron chi connectivity index (χ2n) is 9.04. The van der Waals surface area contributed by atoms with Crippen molar-refractivity contribution in [1.29, 1.82) is 0 Å². The summed E-state index contributed by atoms with van der Waals surface area (Å²) in [6, 6.07) is 21.0. The standard InChI is InChI=1S/C28H24ClFN4O3/c29-23-4-2-1-3-22(23)24-16-25(34(31-24)21-8-6-20(30)7-9-21)28(35)33-13-11-32(12-14-33)17-19-5-10-26-27(15-19)37-18-36-26/h1-10,15-16H,11-14,17-18H2. The summed E-state index contributed by atoms with van der Waals surface area (Å²) < 4.78 is 26.0. The molecule has 0 spiro atoms. The third-order valence-corrected chi connectivity index (χ3v) is 6.98. The fourth-order valence-corrected chi connectivity index (χ4v) is 4.91. The molecule has 3 heterocycles. The highest BCUT2D eigenvalue weighted by Gasteiger charge is 2.27. The predicted molar refractivity (Wildman–Crippen MR) is 138 cm³/mol. The number of aromatic nitrogens is 2. The summed E-state index contributed by atoms with van der Waals surface area (Å²) in [7, 11) is 0. The number of hydrogen-bond acceptors (Lipinski definition) is 5. The van der Waals surface area contributed by atoms with Crippen LogP contribution in [0.5, 0.6) is 11.5 Å². The summed E-state index contributed by atoms with van der Waals surface area (Å²) in [4.78, 5) is 17.8. The Bertz CT molecular complexity index is 1450. The molecule has 6 rings (SSSR count). The number of hydrogen-bond donors (Lipinski definition) is 0. The largest absolute Gasteiger partial charge is 0.454 e. The fraction of sp³-hybridized carbons (Fsp3) is 0.214. The number of amides is 1. The van der Waals surface area contributed by atoms with E-state index in [1.807, 2.05) is 41.3 Å². The van der Waals surface area contributed by atoms with Gasteiger partial charge in [-0.2, -0.15) is 5.10 Å². The van der Waals surface area contributed by atoms with E-state index in [0.29, 0.717) is 35.2 Å². The normalized spacial score (nSPS) is 15.2. The summed E-state index contributed by atoms with van der Waals surface area (Å²) in [6.45, 7) is 3.67. The van der Waals surface area contributed by atoms with Crippen LogP contribution in [0, 0.1) is 5.82 Å². The lowest BCUT2D eigenvalue weighted by Crippen LogP contribution is -2.48. The molecule has 1 aromatic heterocycles. The molecule has 3 aromatic carbocycles. The Morgan fingerprint density at radius 2 is 1.68 bits per heavy atom. The average molecular weight is 519 g/mol. The lowest BCUT2D eigenvalue weighted by molar-refractivity contribution is 0.0619. The molecular weight excluding hydrogens is 495 g/mol. The number of halogens is 2. The molecule has 9 heteroatoms. The van der Waals surface area contributed by atoms with Crippen LogP contribution in [-0.2, 0) is 6.54 Å².